The van der Waals surface area contributed by atoms with Crippen molar-refractivity contribution >= 4 is 23.4 Å². The normalized spacial score (nSPS) is 10.3. The van der Waals surface area contributed by atoms with Gasteiger partial charge in [0.1, 0.15) is 11.4 Å². The molecule has 0 radical (unpaired) electrons. The number of halogens is 1. The maximum absolute atomic E-state index is 8.83. The molecule has 0 aliphatic heterocycles. The van der Waals surface area contributed by atoms with Gasteiger partial charge in [-0.1, -0.05) is 17.7 Å². The summed E-state index contributed by atoms with van der Waals surface area (Å²) < 4.78 is 5.85. The van der Waals surface area contributed by atoms with Gasteiger partial charge in [0, 0.05) is 10.5 Å². The number of nitriles is 1. The number of benzene rings is 2. The van der Waals surface area contributed by atoms with Crippen molar-refractivity contribution in [1.29, 1.82) is 5.26 Å². The quantitative estimate of drug-likeness (QED) is 0.669. The van der Waals surface area contributed by atoms with E-state index >= 15 is 0 Å². The average molecular weight is 342 g/mol. The van der Waals surface area contributed by atoms with Gasteiger partial charge in [0.15, 0.2) is 5.75 Å². The lowest BCUT2D eigenvalue weighted by Gasteiger charge is -2.08. The summed E-state index contributed by atoms with van der Waals surface area (Å²) in [6, 6.07) is 14.8. The predicted octanol–water partition coefficient (Wildman–Crippen LogP) is 5.12. The van der Waals surface area contributed by atoms with Crippen molar-refractivity contribution in [2.24, 2.45) is 0 Å². The molecule has 1 aromatic heterocycles. The second-order valence-electron chi connectivity index (χ2n) is 4.69. The molecule has 0 spiro atoms. The third kappa shape index (κ3) is 3.34. The molecule has 0 amide bonds. The summed E-state index contributed by atoms with van der Waals surface area (Å²) in [5.41, 5.74) is 2.12. The van der Waals surface area contributed by atoms with Crippen LogP contribution in [0.5, 0.6) is 11.5 Å². The minimum Gasteiger partial charge on any atom is -0.453 e. The Labute approximate surface area is 143 Å². The minimum absolute atomic E-state index is 0.577. The van der Waals surface area contributed by atoms with Gasteiger partial charge >= 0.3 is 0 Å². The van der Waals surface area contributed by atoms with Crippen LogP contribution in [0.4, 0.5) is 0 Å². The largest absolute Gasteiger partial charge is 0.453 e. The molecule has 0 saturated carbocycles. The highest BCUT2D eigenvalue weighted by atomic mass is 35.5. The van der Waals surface area contributed by atoms with Gasteiger partial charge in [-0.3, -0.25) is 5.10 Å². The van der Waals surface area contributed by atoms with Gasteiger partial charge in [0.05, 0.1) is 22.9 Å². The van der Waals surface area contributed by atoms with Gasteiger partial charge in [-0.15, -0.1) is 11.8 Å². The molecule has 0 atom stereocenters. The smallest absolute Gasteiger partial charge is 0.173 e. The molecular weight excluding hydrogens is 330 g/mol. The molecule has 6 heteroatoms. The zero-order valence-corrected chi connectivity index (χ0v) is 13.8. The summed E-state index contributed by atoms with van der Waals surface area (Å²) in [5.74, 6) is 1.21. The van der Waals surface area contributed by atoms with E-state index in [9.17, 15) is 0 Å². The Hall–Kier alpha value is -2.42. The van der Waals surface area contributed by atoms with Crippen molar-refractivity contribution in [3.8, 4) is 28.8 Å². The summed E-state index contributed by atoms with van der Waals surface area (Å²) in [5, 5.41) is 16.4. The molecule has 1 N–H and O–H groups in total. The molecule has 2 aromatic carbocycles. The van der Waals surface area contributed by atoms with Gasteiger partial charge in [0.2, 0.25) is 0 Å². The Morgan fingerprint density at radius 1 is 1.22 bits per heavy atom. The molecule has 0 aliphatic rings. The molecule has 4 nitrogen and oxygen atoms in total. The molecule has 3 aromatic rings. The van der Waals surface area contributed by atoms with E-state index in [4.69, 9.17) is 21.6 Å². The van der Waals surface area contributed by atoms with Crippen molar-refractivity contribution in [3.63, 3.8) is 0 Å². The van der Waals surface area contributed by atoms with Crippen LogP contribution in [-0.4, -0.2) is 16.5 Å². The molecule has 1 heterocycles. The van der Waals surface area contributed by atoms with E-state index in [0.717, 1.165) is 10.5 Å². The van der Waals surface area contributed by atoms with Crippen LogP contribution in [0.3, 0.4) is 0 Å². The fourth-order valence-electron chi connectivity index (χ4n) is 2.10. The van der Waals surface area contributed by atoms with Crippen LogP contribution in [0, 0.1) is 11.3 Å². The van der Waals surface area contributed by atoms with Crippen molar-refractivity contribution in [3.05, 3.63) is 59.2 Å². The van der Waals surface area contributed by atoms with Crippen molar-refractivity contribution in [2.45, 2.75) is 4.90 Å². The highest BCUT2D eigenvalue weighted by Crippen LogP contribution is 2.36. The summed E-state index contributed by atoms with van der Waals surface area (Å²) in [6.07, 6.45) is 3.60. The first-order chi connectivity index (χ1) is 11.2. The van der Waals surface area contributed by atoms with E-state index in [1.807, 2.05) is 24.5 Å². The standard InChI is InChI=1S/C17H12ClN3OS/c1-23-13-6-7-14(15(18)8-13)17-16(10-20-21-17)22-12-4-2-11(9-19)3-5-12/h2-8,10H,1H3,(H,20,21). The monoisotopic (exact) mass is 341 g/mol. The highest BCUT2D eigenvalue weighted by molar-refractivity contribution is 7.98. The number of aromatic amines is 1. The molecular formula is C17H12ClN3OS. The zero-order valence-electron chi connectivity index (χ0n) is 12.2. The minimum atomic E-state index is 0.577. The first-order valence-corrected chi connectivity index (χ1v) is 8.37. The lowest BCUT2D eigenvalue weighted by molar-refractivity contribution is 0.484. The predicted molar refractivity (Wildman–Crippen MR) is 92.0 cm³/mol. The van der Waals surface area contributed by atoms with E-state index in [1.165, 1.54) is 0 Å². The topological polar surface area (TPSA) is 61.7 Å². The van der Waals surface area contributed by atoms with Crippen LogP contribution in [-0.2, 0) is 0 Å². The van der Waals surface area contributed by atoms with Crippen LogP contribution in [0.25, 0.3) is 11.3 Å². The van der Waals surface area contributed by atoms with Crippen LogP contribution in [0.2, 0.25) is 5.02 Å². The van der Waals surface area contributed by atoms with Crippen molar-refractivity contribution in [1.82, 2.24) is 10.2 Å². The third-order valence-electron chi connectivity index (χ3n) is 3.26. The van der Waals surface area contributed by atoms with E-state index in [-0.39, 0.29) is 0 Å². The maximum atomic E-state index is 8.83. The molecule has 0 unspecified atom stereocenters. The molecule has 114 valence electrons. The Morgan fingerprint density at radius 2 is 2.00 bits per heavy atom. The maximum Gasteiger partial charge on any atom is 0.173 e. The Bertz CT molecular complexity index is 868. The number of H-pyrrole nitrogens is 1. The lowest BCUT2D eigenvalue weighted by Crippen LogP contribution is -1.88. The number of aromatic nitrogens is 2. The van der Waals surface area contributed by atoms with Gasteiger partial charge in [-0.05, 0) is 42.7 Å². The van der Waals surface area contributed by atoms with E-state index in [2.05, 4.69) is 16.3 Å². The van der Waals surface area contributed by atoms with E-state index in [0.29, 0.717) is 27.8 Å². The second kappa shape index (κ2) is 6.78. The van der Waals surface area contributed by atoms with Crippen LogP contribution in [0.1, 0.15) is 5.56 Å². The number of hydrogen-bond acceptors (Lipinski definition) is 4. The number of rotatable bonds is 4. The highest BCUT2D eigenvalue weighted by Gasteiger charge is 2.13. The SMILES string of the molecule is CSc1ccc(-c2[nH]ncc2Oc2ccc(C#N)cc2)c(Cl)c1. The first kappa shape index (κ1) is 15.5. The summed E-state index contributed by atoms with van der Waals surface area (Å²) in [6.45, 7) is 0. The van der Waals surface area contributed by atoms with E-state index in [1.54, 1.807) is 42.2 Å². The summed E-state index contributed by atoms with van der Waals surface area (Å²) in [7, 11) is 0. The van der Waals surface area contributed by atoms with Crippen LogP contribution < -0.4 is 4.74 Å². The Balaban J connectivity index is 1.91. The Morgan fingerprint density at radius 3 is 2.65 bits per heavy atom. The molecule has 0 fully saturated rings. The summed E-state index contributed by atoms with van der Waals surface area (Å²) >= 11 is 7.99. The fourth-order valence-corrected chi connectivity index (χ4v) is 2.88. The Kier molecular flexibility index (Phi) is 4.56. The number of nitrogens with one attached hydrogen (secondary N) is 1. The number of ether oxygens (including phenoxy) is 1. The first-order valence-electron chi connectivity index (χ1n) is 6.76. The van der Waals surface area contributed by atoms with Crippen molar-refractivity contribution < 1.29 is 4.74 Å². The molecule has 23 heavy (non-hydrogen) atoms. The van der Waals surface area contributed by atoms with Gasteiger partial charge < -0.3 is 4.74 Å². The number of nitrogens with zero attached hydrogens (tertiary/aromatic N) is 2. The van der Waals surface area contributed by atoms with Gasteiger partial charge in [-0.2, -0.15) is 10.4 Å². The zero-order chi connectivity index (χ0) is 16.2. The van der Waals surface area contributed by atoms with Gasteiger partial charge in [0.25, 0.3) is 0 Å². The molecule has 0 saturated heterocycles. The molecule has 3 rings (SSSR count). The van der Waals surface area contributed by atoms with Gasteiger partial charge in [-0.25, -0.2) is 0 Å². The number of thioether (sulfide) groups is 1. The molecule has 0 bridgehead atoms. The molecule has 0 aliphatic carbocycles. The fraction of sp³-hybridized carbons (Fsp3) is 0.0588. The number of hydrogen-bond donors (Lipinski definition) is 1. The average Bonchev–Trinajstić information content (AvgIpc) is 3.03. The van der Waals surface area contributed by atoms with Crippen LogP contribution >= 0.6 is 23.4 Å². The van der Waals surface area contributed by atoms with E-state index < -0.39 is 0 Å². The van der Waals surface area contributed by atoms with Crippen molar-refractivity contribution in [2.75, 3.05) is 6.26 Å². The van der Waals surface area contributed by atoms with Crippen LogP contribution in [0.15, 0.2) is 53.6 Å². The third-order valence-corrected chi connectivity index (χ3v) is 4.30. The lowest BCUT2D eigenvalue weighted by atomic mass is 10.1. The second-order valence-corrected chi connectivity index (χ2v) is 5.98. The summed E-state index contributed by atoms with van der Waals surface area (Å²) in [4.78, 5) is 1.09.